The Hall–Kier alpha value is -4.08. The van der Waals surface area contributed by atoms with Crippen LogP contribution in [-0.4, -0.2) is 54.1 Å². The molecule has 1 aromatic heterocycles. The van der Waals surface area contributed by atoms with E-state index in [2.05, 4.69) is 15.3 Å². The van der Waals surface area contributed by atoms with Gasteiger partial charge in [0.1, 0.15) is 11.6 Å². The summed E-state index contributed by atoms with van der Waals surface area (Å²) in [6, 6.07) is 8.54. The van der Waals surface area contributed by atoms with Crippen molar-refractivity contribution >= 4 is 28.4 Å². The number of hydrogen-bond donors (Lipinski definition) is 2. The van der Waals surface area contributed by atoms with Gasteiger partial charge in [-0.25, -0.2) is 4.98 Å². The van der Waals surface area contributed by atoms with Crippen molar-refractivity contribution in [3.63, 3.8) is 0 Å². The lowest BCUT2D eigenvalue weighted by Crippen LogP contribution is -2.35. The number of aromatic amines is 1. The molecule has 1 aliphatic rings. The number of nitrogens with one attached hydrogen (secondary N) is 2. The minimum atomic E-state index is -0.332. The molecule has 2 heterocycles. The van der Waals surface area contributed by atoms with Crippen molar-refractivity contribution in [2.24, 2.45) is 0 Å². The standard InChI is InChI=1S/C24H26N4O6/c1-4-28(23(30)13-34-15-6-7-17-14(9-15)5-8-22(29)26-17)12-21-25-18-11-20(33-3)19(32-2)10-16(18)24(31)27-21/h6-7,9-11H,4-5,8,12-13H2,1-3H3,(H,26,29)(H,25,27,31). The fourth-order valence-electron chi connectivity index (χ4n) is 3.83. The van der Waals surface area contributed by atoms with E-state index in [4.69, 9.17) is 14.2 Å². The lowest BCUT2D eigenvalue weighted by molar-refractivity contribution is -0.133. The molecule has 0 unspecified atom stereocenters. The fraction of sp³-hybridized carbons (Fsp3) is 0.333. The molecule has 1 aliphatic heterocycles. The summed E-state index contributed by atoms with van der Waals surface area (Å²) in [7, 11) is 3.00. The number of ether oxygens (including phenoxy) is 3. The van der Waals surface area contributed by atoms with Crippen LogP contribution >= 0.6 is 0 Å². The second kappa shape index (κ2) is 9.82. The average Bonchev–Trinajstić information content (AvgIpc) is 2.84. The molecule has 10 heteroatoms. The number of rotatable bonds is 8. The van der Waals surface area contributed by atoms with E-state index in [0.29, 0.717) is 53.4 Å². The van der Waals surface area contributed by atoms with Crippen molar-refractivity contribution in [3.05, 3.63) is 52.1 Å². The van der Waals surface area contributed by atoms with E-state index in [1.54, 1.807) is 29.2 Å². The maximum atomic E-state index is 12.8. The molecule has 0 aliphatic carbocycles. The molecular formula is C24H26N4O6. The van der Waals surface area contributed by atoms with Gasteiger partial charge in [-0.05, 0) is 43.2 Å². The van der Waals surface area contributed by atoms with Crippen molar-refractivity contribution in [2.75, 3.05) is 32.7 Å². The number of benzene rings is 2. The molecule has 2 aromatic carbocycles. The summed E-state index contributed by atoms with van der Waals surface area (Å²) in [4.78, 5) is 45.7. The number of methoxy groups -OCH3 is 2. The van der Waals surface area contributed by atoms with Gasteiger partial charge in [0.2, 0.25) is 5.91 Å². The number of hydrogen-bond acceptors (Lipinski definition) is 7. The summed E-state index contributed by atoms with van der Waals surface area (Å²) >= 11 is 0. The average molecular weight is 466 g/mol. The number of fused-ring (bicyclic) bond motifs is 2. The Kier molecular flexibility index (Phi) is 6.67. The normalized spacial score (nSPS) is 12.6. The summed E-state index contributed by atoms with van der Waals surface area (Å²) in [6.45, 7) is 2.20. The highest BCUT2D eigenvalue weighted by Crippen LogP contribution is 2.30. The zero-order chi connectivity index (χ0) is 24.2. The topological polar surface area (TPSA) is 123 Å². The monoisotopic (exact) mass is 466 g/mol. The van der Waals surface area contributed by atoms with Crippen LogP contribution in [-0.2, 0) is 22.6 Å². The van der Waals surface area contributed by atoms with Crippen molar-refractivity contribution in [1.29, 1.82) is 0 Å². The van der Waals surface area contributed by atoms with Crippen LogP contribution in [0.15, 0.2) is 35.1 Å². The molecule has 0 bridgehead atoms. The van der Waals surface area contributed by atoms with Crippen LogP contribution in [0.3, 0.4) is 0 Å². The van der Waals surface area contributed by atoms with Gasteiger partial charge >= 0.3 is 0 Å². The first-order chi connectivity index (χ1) is 16.4. The van der Waals surface area contributed by atoms with Crippen LogP contribution in [0.4, 0.5) is 5.69 Å². The second-order valence-corrected chi connectivity index (χ2v) is 7.80. The number of anilines is 1. The highest BCUT2D eigenvalue weighted by molar-refractivity contribution is 5.94. The molecular weight excluding hydrogens is 440 g/mol. The summed E-state index contributed by atoms with van der Waals surface area (Å²) in [5, 5.41) is 3.18. The molecule has 4 rings (SSSR count). The molecule has 2 N–H and O–H groups in total. The summed E-state index contributed by atoms with van der Waals surface area (Å²) in [5.41, 5.74) is 1.85. The van der Waals surface area contributed by atoms with Gasteiger partial charge in [-0.2, -0.15) is 0 Å². The maximum Gasteiger partial charge on any atom is 0.260 e. The first-order valence-corrected chi connectivity index (χ1v) is 10.9. The molecule has 0 spiro atoms. The summed E-state index contributed by atoms with van der Waals surface area (Å²) in [5.74, 6) is 1.54. The van der Waals surface area contributed by atoms with Crippen LogP contribution in [0.2, 0.25) is 0 Å². The molecule has 0 radical (unpaired) electrons. The van der Waals surface area contributed by atoms with Gasteiger partial charge in [-0.15, -0.1) is 0 Å². The van der Waals surface area contributed by atoms with E-state index in [-0.39, 0.29) is 30.5 Å². The van der Waals surface area contributed by atoms with Gasteiger partial charge in [0.05, 0.1) is 31.7 Å². The highest BCUT2D eigenvalue weighted by Gasteiger charge is 2.18. The second-order valence-electron chi connectivity index (χ2n) is 7.80. The molecule has 0 saturated heterocycles. The third kappa shape index (κ3) is 4.80. The first kappa shape index (κ1) is 23.1. The Balaban J connectivity index is 1.46. The van der Waals surface area contributed by atoms with Gasteiger partial charge in [-0.3, -0.25) is 14.4 Å². The first-order valence-electron chi connectivity index (χ1n) is 10.9. The SMILES string of the molecule is CCN(Cc1nc2cc(OC)c(OC)cc2c(=O)[nH]1)C(=O)COc1ccc2c(c1)CCC(=O)N2. The third-order valence-corrected chi connectivity index (χ3v) is 5.67. The van der Waals surface area contributed by atoms with Crippen LogP contribution in [0.1, 0.15) is 24.7 Å². The number of carbonyl (C=O) groups is 2. The molecule has 3 aromatic rings. The number of carbonyl (C=O) groups excluding carboxylic acids is 2. The predicted octanol–water partition coefficient (Wildman–Crippen LogP) is 2.25. The van der Waals surface area contributed by atoms with Crippen LogP contribution in [0.5, 0.6) is 17.2 Å². The van der Waals surface area contributed by atoms with Gasteiger partial charge < -0.3 is 29.4 Å². The Morgan fingerprint density at radius 1 is 1.09 bits per heavy atom. The molecule has 0 fully saturated rings. The maximum absolute atomic E-state index is 12.8. The van der Waals surface area contributed by atoms with Crippen LogP contribution in [0, 0.1) is 0 Å². The Labute approximate surface area is 195 Å². The molecule has 34 heavy (non-hydrogen) atoms. The van der Waals surface area contributed by atoms with Crippen molar-refractivity contribution in [3.8, 4) is 17.2 Å². The van der Waals surface area contributed by atoms with Crippen molar-refractivity contribution in [1.82, 2.24) is 14.9 Å². The van der Waals surface area contributed by atoms with E-state index < -0.39 is 0 Å². The number of likely N-dealkylation sites (N-methyl/N-ethyl adjacent to an activating group) is 1. The quantitative estimate of drug-likeness (QED) is 0.522. The van der Waals surface area contributed by atoms with E-state index in [0.717, 1.165) is 11.3 Å². The lowest BCUT2D eigenvalue weighted by atomic mass is 10.0. The smallest absolute Gasteiger partial charge is 0.260 e. The lowest BCUT2D eigenvalue weighted by Gasteiger charge is -2.21. The van der Waals surface area contributed by atoms with Crippen molar-refractivity contribution in [2.45, 2.75) is 26.3 Å². The molecule has 2 amide bonds. The number of amides is 2. The van der Waals surface area contributed by atoms with E-state index in [9.17, 15) is 14.4 Å². The molecule has 10 nitrogen and oxygen atoms in total. The van der Waals surface area contributed by atoms with Gasteiger partial charge in [0, 0.05) is 24.7 Å². The number of aryl methyl sites for hydroxylation is 1. The van der Waals surface area contributed by atoms with Gasteiger partial charge in [0.15, 0.2) is 18.1 Å². The zero-order valence-corrected chi connectivity index (χ0v) is 19.3. The van der Waals surface area contributed by atoms with E-state index in [1.165, 1.54) is 14.2 Å². The summed E-state index contributed by atoms with van der Waals surface area (Å²) < 4.78 is 16.3. The largest absolute Gasteiger partial charge is 0.493 e. The molecule has 0 atom stereocenters. The zero-order valence-electron chi connectivity index (χ0n) is 19.3. The van der Waals surface area contributed by atoms with E-state index in [1.807, 2.05) is 13.0 Å². The number of nitrogens with zero attached hydrogens (tertiary/aromatic N) is 2. The van der Waals surface area contributed by atoms with Crippen molar-refractivity contribution < 1.29 is 23.8 Å². The van der Waals surface area contributed by atoms with Gasteiger partial charge in [-0.1, -0.05) is 0 Å². The Morgan fingerprint density at radius 3 is 2.59 bits per heavy atom. The number of H-pyrrole nitrogens is 1. The van der Waals surface area contributed by atoms with Crippen LogP contribution < -0.4 is 25.1 Å². The molecule has 178 valence electrons. The minimum Gasteiger partial charge on any atom is -0.493 e. The fourth-order valence-corrected chi connectivity index (χ4v) is 3.83. The molecule has 0 saturated carbocycles. The minimum absolute atomic E-state index is 0.00661. The Morgan fingerprint density at radius 2 is 1.85 bits per heavy atom. The number of aromatic nitrogens is 2. The highest BCUT2D eigenvalue weighted by atomic mass is 16.5. The van der Waals surface area contributed by atoms with Gasteiger partial charge in [0.25, 0.3) is 11.5 Å². The van der Waals surface area contributed by atoms with E-state index >= 15 is 0 Å². The summed E-state index contributed by atoms with van der Waals surface area (Å²) in [6.07, 6.45) is 1.06. The van der Waals surface area contributed by atoms with Crippen LogP contribution in [0.25, 0.3) is 10.9 Å². The third-order valence-electron chi connectivity index (χ3n) is 5.67. The Bertz CT molecular complexity index is 1300. The predicted molar refractivity (Wildman–Crippen MR) is 125 cm³/mol.